The lowest BCUT2D eigenvalue weighted by Crippen LogP contribution is -2.55. The zero-order valence-corrected chi connectivity index (χ0v) is 15.5. The van der Waals surface area contributed by atoms with E-state index in [9.17, 15) is 9.59 Å². The van der Waals surface area contributed by atoms with Crippen LogP contribution in [0, 0.1) is 5.92 Å². The molecule has 130 valence electrons. The van der Waals surface area contributed by atoms with E-state index < -0.39 is 6.04 Å². The third-order valence-corrected chi connectivity index (χ3v) is 4.97. The van der Waals surface area contributed by atoms with Crippen molar-refractivity contribution >= 4 is 35.6 Å². The molecule has 7 heteroatoms. The smallest absolute Gasteiger partial charge is 0.262 e. The van der Waals surface area contributed by atoms with Gasteiger partial charge in [-0.3, -0.25) is 9.59 Å². The van der Waals surface area contributed by atoms with Crippen LogP contribution in [0.1, 0.15) is 36.4 Å². The molecule has 5 nitrogen and oxygen atoms in total. The largest absolute Gasteiger partial charge is 0.339 e. The number of hydrogen-bond donors (Lipinski definition) is 2. The molecule has 2 rings (SSSR count). The number of carbonyl (C=O) groups is 2. The first kappa shape index (κ1) is 19.9. The van der Waals surface area contributed by atoms with Crippen LogP contribution in [-0.2, 0) is 4.79 Å². The maximum Gasteiger partial charge on any atom is 0.262 e. The summed E-state index contributed by atoms with van der Waals surface area (Å²) in [7, 11) is 1.93. The van der Waals surface area contributed by atoms with Gasteiger partial charge in [-0.15, -0.1) is 23.7 Å². The summed E-state index contributed by atoms with van der Waals surface area (Å²) in [5, 5.41) is 8.01. The van der Waals surface area contributed by atoms with Gasteiger partial charge in [0.15, 0.2) is 0 Å². The molecule has 2 heterocycles. The van der Waals surface area contributed by atoms with Crippen LogP contribution in [0.5, 0.6) is 0 Å². The summed E-state index contributed by atoms with van der Waals surface area (Å²) in [5.74, 6) is -0.0737. The van der Waals surface area contributed by atoms with Crippen molar-refractivity contribution in [3.63, 3.8) is 0 Å². The minimum Gasteiger partial charge on any atom is -0.339 e. The number of thiophene rings is 1. The van der Waals surface area contributed by atoms with Crippen molar-refractivity contribution in [3.8, 4) is 0 Å². The average Bonchev–Trinajstić information content (AvgIpc) is 3.06. The second kappa shape index (κ2) is 9.25. The fourth-order valence-corrected chi connectivity index (χ4v) is 3.37. The highest BCUT2D eigenvalue weighted by Gasteiger charge is 2.31. The van der Waals surface area contributed by atoms with Gasteiger partial charge in [0.1, 0.15) is 6.04 Å². The van der Waals surface area contributed by atoms with Crippen LogP contribution in [0.3, 0.4) is 0 Å². The maximum absolute atomic E-state index is 12.8. The summed E-state index contributed by atoms with van der Waals surface area (Å²) in [6.07, 6.45) is 2.09. The van der Waals surface area contributed by atoms with Gasteiger partial charge in [0.25, 0.3) is 5.91 Å². The molecule has 1 aromatic heterocycles. The molecule has 1 aliphatic heterocycles. The Balaban J connectivity index is 0.00000264. The Labute approximate surface area is 148 Å². The molecule has 1 saturated heterocycles. The Morgan fingerprint density at radius 1 is 1.39 bits per heavy atom. The highest BCUT2D eigenvalue weighted by molar-refractivity contribution is 7.12. The first-order valence-electron chi connectivity index (χ1n) is 7.83. The van der Waals surface area contributed by atoms with Crippen molar-refractivity contribution in [3.05, 3.63) is 22.4 Å². The van der Waals surface area contributed by atoms with Crippen molar-refractivity contribution < 1.29 is 9.59 Å². The van der Waals surface area contributed by atoms with Gasteiger partial charge in [-0.2, -0.15) is 0 Å². The Morgan fingerprint density at radius 2 is 2.13 bits per heavy atom. The van der Waals surface area contributed by atoms with Gasteiger partial charge in [0.2, 0.25) is 5.91 Å². The molecular weight excluding hydrogens is 334 g/mol. The number of piperidine rings is 1. The molecule has 1 aromatic rings. The van der Waals surface area contributed by atoms with Crippen molar-refractivity contribution in [1.82, 2.24) is 15.5 Å². The van der Waals surface area contributed by atoms with Crippen molar-refractivity contribution in [1.29, 1.82) is 0 Å². The number of carbonyl (C=O) groups excluding carboxylic acids is 2. The molecule has 2 atom stereocenters. The molecule has 0 radical (unpaired) electrons. The minimum atomic E-state index is -0.467. The Kier molecular flexibility index (Phi) is 8.02. The lowest BCUT2D eigenvalue weighted by atomic mass is 9.99. The van der Waals surface area contributed by atoms with E-state index in [2.05, 4.69) is 10.6 Å². The van der Waals surface area contributed by atoms with Gasteiger partial charge < -0.3 is 15.5 Å². The highest BCUT2D eigenvalue weighted by atomic mass is 35.5. The van der Waals surface area contributed by atoms with E-state index in [1.807, 2.05) is 37.2 Å². The standard InChI is InChI=1S/C16H25N3O2S.ClH/c1-11(2)14(18-15(20)13-7-5-9-22-13)16(21)19-8-4-6-12(10-19)17-3;/h5,7,9,11-12,14,17H,4,6,8,10H2,1-3H3,(H,18,20);1H. The summed E-state index contributed by atoms with van der Waals surface area (Å²) in [6.45, 7) is 5.43. The molecule has 0 aromatic carbocycles. The SMILES string of the molecule is CNC1CCCN(C(=O)C(NC(=O)c2cccs2)C(C)C)C1.Cl. The highest BCUT2D eigenvalue weighted by Crippen LogP contribution is 2.15. The van der Waals surface area contributed by atoms with E-state index in [0.29, 0.717) is 17.5 Å². The van der Waals surface area contributed by atoms with Crippen molar-refractivity contribution in [2.24, 2.45) is 5.92 Å². The lowest BCUT2D eigenvalue weighted by molar-refractivity contribution is -0.135. The van der Waals surface area contributed by atoms with Gasteiger partial charge in [0.05, 0.1) is 4.88 Å². The van der Waals surface area contributed by atoms with Crippen molar-refractivity contribution in [2.45, 2.75) is 38.8 Å². The number of halogens is 1. The molecule has 0 bridgehead atoms. The van der Waals surface area contributed by atoms with Crippen LogP contribution in [-0.4, -0.2) is 48.9 Å². The number of nitrogens with one attached hydrogen (secondary N) is 2. The first-order chi connectivity index (χ1) is 10.5. The summed E-state index contributed by atoms with van der Waals surface area (Å²) < 4.78 is 0. The molecule has 2 unspecified atom stereocenters. The third kappa shape index (κ3) is 5.19. The molecule has 1 aliphatic rings. The zero-order valence-electron chi connectivity index (χ0n) is 13.9. The van der Waals surface area contributed by atoms with Crippen LogP contribution < -0.4 is 10.6 Å². The van der Waals surface area contributed by atoms with Gasteiger partial charge >= 0.3 is 0 Å². The minimum absolute atomic E-state index is 0. The number of nitrogens with zero attached hydrogens (tertiary/aromatic N) is 1. The van der Waals surface area contributed by atoms with Crippen molar-refractivity contribution in [2.75, 3.05) is 20.1 Å². The van der Waals surface area contributed by atoms with E-state index in [1.54, 1.807) is 6.07 Å². The molecule has 1 fully saturated rings. The number of amides is 2. The fraction of sp³-hybridized carbons (Fsp3) is 0.625. The van der Waals surface area contributed by atoms with Gasteiger partial charge in [-0.1, -0.05) is 19.9 Å². The normalized spacial score (nSPS) is 19.1. The van der Waals surface area contributed by atoms with E-state index in [0.717, 1.165) is 19.4 Å². The van der Waals surface area contributed by atoms with E-state index in [4.69, 9.17) is 0 Å². The second-order valence-corrected chi connectivity index (χ2v) is 7.03. The molecule has 0 saturated carbocycles. The summed E-state index contributed by atoms with van der Waals surface area (Å²) in [4.78, 5) is 27.6. The van der Waals surface area contributed by atoms with Crippen LogP contribution in [0.15, 0.2) is 17.5 Å². The molecule has 23 heavy (non-hydrogen) atoms. The monoisotopic (exact) mass is 359 g/mol. The van der Waals surface area contributed by atoms with E-state index >= 15 is 0 Å². The predicted molar refractivity (Wildman–Crippen MR) is 96.3 cm³/mol. The summed E-state index contributed by atoms with van der Waals surface area (Å²) in [6, 6.07) is 3.50. The van der Waals surface area contributed by atoms with E-state index in [-0.39, 0.29) is 30.1 Å². The van der Waals surface area contributed by atoms with Gasteiger partial charge in [-0.05, 0) is 37.3 Å². The Bertz CT molecular complexity index is 507. The fourth-order valence-electron chi connectivity index (χ4n) is 2.74. The summed E-state index contributed by atoms with van der Waals surface area (Å²) >= 11 is 1.39. The van der Waals surface area contributed by atoms with Crippen LogP contribution in [0.2, 0.25) is 0 Å². The zero-order chi connectivity index (χ0) is 16.1. The number of hydrogen-bond acceptors (Lipinski definition) is 4. The Morgan fingerprint density at radius 3 is 2.70 bits per heavy atom. The van der Waals surface area contributed by atoms with Crippen LogP contribution in [0.25, 0.3) is 0 Å². The van der Waals surface area contributed by atoms with Gasteiger partial charge in [0, 0.05) is 19.1 Å². The topological polar surface area (TPSA) is 61.4 Å². The molecule has 0 spiro atoms. The van der Waals surface area contributed by atoms with Gasteiger partial charge in [-0.25, -0.2) is 0 Å². The molecule has 0 aliphatic carbocycles. The lowest BCUT2D eigenvalue weighted by Gasteiger charge is -2.36. The first-order valence-corrected chi connectivity index (χ1v) is 8.71. The average molecular weight is 360 g/mol. The van der Waals surface area contributed by atoms with Crippen LogP contribution in [0.4, 0.5) is 0 Å². The third-order valence-electron chi connectivity index (χ3n) is 4.11. The predicted octanol–water partition coefficient (Wildman–Crippen LogP) is 2.13. The van der Waals surface area contributed by atoms with Crippen LogP contribution >= 0.6 is 23.7 Å². The summed E-state index contributed by atoms with van der Waals surface area (Å²) in [5.41, 5.74) is 0. The molecular formula is C16H26ClN3O2S. The quantitative estimate of drug-likeness (QED) is 0.846. The maximum atomic E-state index is 12.8. The Hall–Kier alpha value is -1.11. The molecule has 2 N–H and O–H groups in total. The number of likely N-dealkylation sites (N-methyl/N-ethyl adjacent to an activating group) is 1. The number of likely N-dealkylation sites (tertiary alicyclic amines) is 1. The van der Waals surface area contributed by atoms with E-state index in [1.165, 1.54) is 11.3 Å². The molecule has 2 amide bonds. The number of rotatable bonds is 5. The second-order valence-electron chi connectivity index (χ2n) is 6.08.